The molecule has 3 N–H and O–H groups in total. The Balaban J connectivity index is 1.90. The Morgan fingerprint density at radius 1 is 1.26 bits per heavy atom. The summed E-state index contributed by atoms with van der Waals surface area (Å²) in [6.07, 6.45) is 1.79. The highest BCUT2D eigenvalue weighted by atomic mass is 79.9. The fourth-order valence-corrected chi connectivity index (χ4v) is 3.12. The molecule has 0 saturated heterocycles. The average molecular weight is 432 g/mol. The van der Waals surface area contributed by atoms with Gasteiger partial charge in [0.05, 0.1) is 22.1 Å². The molecule has 0 saturated carbocycles. The van der Waals surface area contributed by atoms with Crippen LogP contribution in [0.3, 0.4) is 0 Å². The number of H-pyrrole nitrogens is 1. The molecule has 0 atom stereocenters. The van der Waals surface area contributed by atoms with Crippen molar-refractivity contribution >= 4 is 44.6 Å². The van der Waals surface area contributed by atoms with E-state index in [4.69, 9.17) is 4.74 Å². The number of aromatic amines is 1. The minimum Gasteiger partial charge on any atom is -0.464 e. The normalized spacial score (nSPS) is 11.4. The molecular weight excluding hydrogens is 410 g/mol. The predicted octanol–water partition coefficient (Wildman–Crippen LogP) is 4.09. The molecule has 2 heterocycles. The smallest absolute Gasteiger partial charge is 0.331 e. The third-order valence-electron chi connectivity index (χ3n) is 4.00. The first kappa shape index (κ1) is 19.2. The van der Waals surface area contributed by atoms with E-state index >= 15 is 0 Å². The van der Waals surface area contributed by atoms with Crippen LogP contribution in [0.5, 0.6) is 0 Å². The molecule has 142 valence electrons. The number of carbonyl (C=O) groups is 1. The Labute approximate surface area is 166 Å². The maximum absolute atomic E-state index is 12.2. The molecule has 0 amide bonds. The summed E-state index contributed by atoms with van der Waals surface area (Å²) in [4.78, 5) is 24.4. The SMILES string of the molecule is CCOC(=O)C(C)(C)Nc1nc(NCc2ccccc2)c2c(Br)[nH]cc2n1. The second kappa shape index (κ2) is 7.96. The van der Waals surface area contributed by atoms with E-state index in [0.717, 1.165) is 21.1 Å². The highest BCUT2D eigenvalue weighted by Crippen LogP contribution is 2.30. The molecule has 8 heteroatoms. The number of aromatic nitrogens is 3. The highest BCUT2D eigenvalue weighted by molar-refractivity contribution is 9.10. The van der Waals surface area contributed by atoms with Gasteiger partial charge in [-0.05, 0) is 42.3 Å². The van der Waals surface area contributed by atoms with Gasteiger partial charge in [0.2, 0.25) is 5.95 Å². The summed E-state index contributed by atoms with van der Waals surface area (Å²) in [5.41, 5.74) is 0.917. The van der Waals surface area contributed by atoms with Crippen LogP contribution in [0.1, 0.15) is 26.3 Å². The van der Waals surface area contributed by atoms with Gasteiger partial charge in [-0.15, -0.1) is 0 Å². The fourth-order valence-electron chi connectivity index (χ4n) is 2.61. The number of hydrogen-bond acceptors (Lipinski definition) is 6. The summed E-state index contributed by atoms with van der Waals surface area (Å²) in [7, 11) is 0. The van der Waals surface area contributed by atoms with Crippen LogP contribution < -0.4 is 10.6 Å². The molecule has 0 aliphatic carbocycles. The van der Waals surface area contributed by atoms with E-state index in [9.17, 15) is 4.79 Å². The maximum atomic E-state index is 12.2. The molecule has 0 radical (unpaired) electrons. The van der Waals surface area contributed by atoms with Crippen molar-refractivity contribution in [2.75, 3.05) is 17.2 Å². The van der Waals surface area contributed by atoms with Crippen molar-refractivity contribution < 1.29 is 9.53 Å². The molecule has 7 nitrogen and oxygen atoms in total. The number of anilines is 2. The first-order chi connectivity index (χ1) is 12.9. The van der Waals surface area contributed by atoms with Gasteiger partial charge in [-0.2, -0.15) is 4.98 Å². The third-order valence-corrected chi connectivity index (χ3v) is 4.63. The van der Waals surface area contributed by atoms with Crippen molar-refractivity contribution in [1.29, 1.82) is 0 Å². The largest absolute Gasteiger partial charge is 0.464 e. The number of nitrogens with one attached hydrogen (secondary N) is 3. The van der Waals surface area contributed by atoms with E-state index in [1.807, 2.05) is 30.3 Å². The second-order valence-electron chi connectivity index (χ2n) is 6.57. The van der Waals surface area contributed by atoms with Gasteiger partial charge < -0.3 is 20.4 Å². The number of benzene rings is 1. The van der Waals surface area contributed by atoms with Gasteiger partial charge in [0.1, 0.15) is 11.4 Å². The molecular formula is C19H22BrN5O2. The summed E-state index contributed by atoms with van der Waals surface area (Å²) < 4.78 is 5.92. The molecule has 0 fully saturated rings. The monoisotopic (exact) mass is 431 g/mol. The minimum atomic E-state index is -0.950. The summed E-state index contributed by atoms with van der Waals surface area (Å²) in [6.45, 7) is 6.19. The molecule has 27 heavy (non-hydrogen) atoms. The Bertz CT molecular complexity index is 940. The van der Waals surface area contributed by atoms with Gasteiger partial charge in [0, 0.05) is 12.7 Å². The van der Waals surface area contributed by atoms with E-state index in [0.29, 0.717) is 24.9 Å². The van der Waals surface area contributed by atoms with Gasteiger partial charge >= 0.3 is 5.97 Å². The van der Waals surface area contributed by atoms with Crippen LogP contribution in [0.15, 0.2) is 41.1 Å². The summed E-state index contributed by atoms with van der Waals surface area (Å²) >= 11 is 3.50. The number of hydrogen-bond donors (Lipinski definition) is 3. The Hall–Kier alpha value is -2.61. The first-order valence-electron chi connectivity index (χ1n) is 8.68. The van der Waals surface area contributed by atoms with E-state index in [1.165, 1.54) is 0 Å². The number of halogens is 1. The number of rotatable bonds is 7. The van der Waals surface area contributed by atoms with E-state index in [1.54, 1.807) is 27.0 Å². The van der Waals surface area contributed by atoms with Crippen molar-refractivity contribution in [3.8, 4) is 0 Å². The molecule has 0 spiro atoms. The Morgan fingerprint density at radius 3 is 2.70 bits per heavy atom. The lowest BCUT2D eigenvalue weighted by atomic mass is 10.1. The van der Waals surface area contributed by atoms with Gasteiger partial charge in [-0.1, -0.05) is 30.3 Å². The maximum Gasteiger partial charge on any atom is 0.331 e. The van der Waals surface area contributed by atoms with Crippen LogP contribution in [0.2, 0.25) is 0 Å². The van der Waals surface area contributed by atoms with Gasteiger partial charge in [0.15, 0.2) is 0 Å². The molecule has 2 aromatic heterocycles. The number of esters is 1. The van der Waals surface area contributed by atoms with Crippen LogP contribution in [-0.2, 0) is 16.1 Å². The van der Waals surface area contributed by atoms with E-state index in [-0.39, 0.29) is 5.97 Å². The van der Waals surface area contributed by atoms with Crippen LogP contribution in [-0.4, -0.2) is 33.1 Å². The van der Waals surface area contributed by atoms with Crippen molar-refractivity contribution in [2.45, 2.75) is 32.9 Å². The van der Waals surface area contributed by atoms with Crippen LogP contribution in [0.25, 0.3) is 10.9 Å². The fraction of sp³-hybridized carbons (Fsp3) is 0.316. The van der Waals surface area contributed by atoms with Gasteiger partial charge in [0.25, 0.3) is 0 Å². The number of nitrogens with zero attached hydrogens (tertiary/aromatic N) is 2. The quantitative estimate of drug-likeness (QED) is 0.488. The van der Waals surface area contributed by atoms with Crippen molar-refractivity contribution in [2.24, 2.45) is 0 Å². The third kappa shape index (κ3) is 4.39. The standard InChI is InChI=1S/C19H22BrN5O2/c1-4-27-17(26)19(2,3)25-18-23-13-11-21-15(20)14(13)16(24-18)22-10-12-8-6-5-7-9-12/h5-9,11,21H,4,10H2,1-3H3,(H2,22,23,24,25). The summed E-state index contributed by atoms with van der Waals surface area (Å²) in [5.74, 6) is 0.657. The predicted molar refractivity (Wildman–Crippen MR) is 110 cm³/mol. The Morgan fingerprint density at radius 2 is 2.00 bits per heavy atom. The van der Waals surface area contributed by atoms with Gasteiger partial charge in [-0.3, -0.25) is 0 Å². The molecule has 0 unspecified atom stereocenters. The molecule has 3 aromatic rings. The number of fused-ring (bicyclic) bond motifs is 1. The van der Waals surface area contributed by atoms with Crippen molar-refractivity contribution in [3.05, 3.63) is 46.7 Å². The molecule has 0 bridgehead atoms. The van der Waals surface area contributed by atoms with Gasteiger partial charge in [-0.25, -0.2) is 9.78 Å². The van der Waals surface area contributed by atoms with Crippen LogP contribution >= 0.6 is 15.9 Å². The highest BCUT2D eigenvalue weighted by Gasteiger charge is 2.30. The first-order valence-corrected chi connectivity index (χ1v) is 9.48. The summed E-state index contributed by atoms with van der Waals surface area (Å²) in [5, 5.41) is 7.28. The molecule has 3 rings (SSSR count). The van der Waals surface area contributed by atoms with Crippen LogP contribution in [0.4, 0.5) is 11.8 Å². The van der Waals surface area contributed by atoms with Crippen molar-refractivity contribution in [1.82, 2.24) is 15.0 Å². The topological polar surface area (TPSA) is 91.9 Å². The summed E-state index contributed by atoms with van der Waals surface area (Å²) in [6, 6.07) is 10.1. The lowest BCUT2D eigenvalue weighted by Gasteiger charge is -2.24. The zero-order chi connectivity index (χ0) is 19.4. The molecule has 0 aliphatic rings. The second-order valence-corrected chi connectivity index (χ2v) is 7.36. The van der Waals surface area contributed by atoms with E-state index < -0.39 is 5.54 Å². The zero-order valence-corrected chi connectivity index (χ0v) is 17.1. The lowest BCUT2D eigenvalue weighted by molar-refractivity contribution is -0.147. The molecule has 1 aromatic carbocycles. The van der Waals surface area contributed by atoms with E-state index in [2.05, 4.69) is 41.5 Å². The number of ether oxygens (including phenoxy) is 1. The lowest BCUT2D eigenvalue weighted by Crippen LogP contribution is -2.42. The van der Waals surface area contributed by atoms with Crippen molar-refractivity contribution in [3.63, 3.8) is 0 Å². The Kier molecular flexibility index (Phi) is 5.65. The number of carbonyl (C=O) groups excluding carboxylic acids is 1. The van der Waals surface area contributed by atoms with Crippen LogP contribution in [0, 0.1) is 0 Å². The zero-order valence-electron chi connectivity index (χ0n) is 15.5. The average Bonchev–Trinajstić information content (AvgIpc) is 3.01. The minimum absolute atomic E-state index is 0.318. The molecule has 0 aliphatic heterocycles.